The number of carbonyl (C=O) groups is 1. The molecule has 86 valence electrons. The second-order valence-corrected chi connectivity index (χ2v) is 3.73. The summed E-state index contributed by atoms with van der Waals surface area (Å²) >= 11 is 0. The topological polar surface area (TPSA) is 81.6 Å². The molecule has 2 atom stereocenters. The monoisotopic (exact) mass is 220 g/mol. The summed E-state index contributed by atoms with van der Waals surface area (Å²) in [5, 5.41) is 18.1. The molecule has 1 rings (SSSR count). The van der Waals surface area contributed by atoms with Crippen LogP contribution in [-0.2, 0) is 4.79 Å². The van der Waals surface area contributed by atoms with Gasteiger partial charge in [0.15, 0.2) is 0 Å². The first kappa shape index (κ1) is 12.2. The maximum atomic E-state index is 11.7. The van der Waals surface area contributed by atoms with Gasteiger partial charge >= 0.3 is 0 Å². The van der Waals surface area contributed by atoms with Gasteiger partial charge in [0, 0.05) is 11.8 Å². The Labute approximate surface area is 94.9 Å². The van der Waals surface area contributed by atoms with Crippen LogP contribution in [0.15, 0.2) is 12.4 Å². The Morgan fingerprint density at radius 2 is 2.50 bits per heavy atom. The summed E-state index contributed by atoms with van der Waals surface area (Å²) in [4.78, 5) is 11.7. The van der Waals surface area contributed by atoms with E-state index in [0.29, 0.717) is 6.42 Å². The molecule has 0 bridgehead atoms. The second-order valence-electron chi connectivity index (χ2n) is 3.73. The average molecular weight is 220 g/mol. The summed E-state index contributed by atoms with van der Waals surface area (Å²) in [7, 11) is 0. The molecule has 0 radical (unpaired) electrons. The first-order valence-corrected chi connectivity index (χ1v) is 5.37. The fraction of sp³-hybridized carbons (Fsp3) is 0.545. The van der Waals surface area contributed by atoms with Gasteiger partial charge in [-0.15, -0.1) is 0 Å². The SMILES string of the molecule is CCCC(C#N)C(=O)NC(C)c1cn[nH]c1. The van der Waals surface area contributed by atoms with Crippen LogP contribution >= 0.6 is 0 Å². The summed E-state index contributed by atoms with van der Waals surface area (Å²) in [5.41, 5.74) is 0.904. The van der Waals surface area contributed by atoms with Crippen molar-refractivity contribution in [2.24, 2.45) is 5.92 Å². The quantitative estimate of drug-likeness (QED) is 0.789. The Hall–Kier alpha value is -1.83. The largest absolute Gasteiger partial charge is 0.348 e. The zero-order chi connectivity index (χ0) is 12.0. The number of nitriles is 1. The third-order valence-corrected chi connectivity index (χ3v) is 2.43. The van der Waals surface area contributed by atoms with Gasteiger partial charge in [-0.25, -0.2) is 0 Å². The molecule has 0 spiro atoms. The molecule has 1 aromatic rings. The Bertz CT molecular complexity index is 366. The van der Waals surface area contributed by atoms with Crippen LogP contribution in [0, 0.1) is 17.2 Å². The van der Waals surface area contributed by atoms with Crippen LogP contribution in [0.3, 0.4) is 0 Å². The molecule has 0 aliphatic carbocycles. The summed E-state index contributed by atoms with van der Waals surface area (Å²) in [6.07, 6.45) is 4.81. The van der Waals surface area contributed by atoms with E-state index in [2.05, 4.69) is 15.5 Å². The number of rotatable bonds is 5. The van der Waals surface area contributed by atoms with Gasteiger partial charge < -0.3 is 5.32 Å². The van der Waals surface area contributed by atoms with E-state index in [9.17, 15) is 4.79 Å². The normalized spacial score (nSPS) is 13.8. The number of hydrogen-bond acceptors (Lipinski definition) is 3. The third-order valence-electron chi connectivity index (χ3n) is 2.43. The fourth-order valence-corrected chi connectivity index (χ4v) is 1.44. The Morgan fingerprint density at radius 3 is 3.00 bits per heavy atom. The van der Waals surface area contributed by atoms with Crippen LogP contribution in [0.25, 0.3) is 0 Å². The van der Waals surface area contributed by atoms with Gasteiger partial charge in [-0.3, -0.25) is 9.89 Å². The first-order valence-electron chi connectivity index (χ1n) is 5.37. The van der Waals surface area contributed by atoms with E-state index < -0.39 is 5.92 Å². The zero-order valence-electron chi connectivity index (χ0n) is 9.53. The highest BCUT2D eigenvalue weighted by molar-refractivity contribution is 5.81. The second kappa shape index (κ2) is 5.91. The van der Waals surface area contributed by atoms with Gasteiger partial charge in [-0.05, 0) is 13.3 Å². The molecular formula is C11H16N4O. The summed E-state index contributed by atoms with van der Waals surface area (Å²) in [6, 6.07) is 1.89. The van der Waals surface area contributed by atoms with Crippen LogP contribution in [0.5, 0.6) is 0 Å². The molecule has 0 aromatic carbocycles. The van der Waals surface area contributed by atoms with Crippen molar-refractivity contribution in [2.45, 2.75) is 32.7 Å². The minimum Gasteiger partial charge on any atom is -0.348 e. The molecule has 5 nitrogen and oxygen atoms in total. The minimum atomic E-state index is -0.556. The van der Waals surface area contributed by atoms with Crippen molar-refractivity contribution in [3.05, 3.63) is 18.0 Å². The molecular weight excluding hydrogens is 204 g/mol. The van der Waals surface area contributed by atoms with Gasteiger partial charge in [0.2, 0.25) is 5.91 Å². The lowest BCUT2D eigenvalue weighted by atomic mass is 10.0. The first-order chi connectivity index (χ1) is 7.69. The van der Waals surface area contributed by atoms with Crippen LogP contribution in [0.2, 0.25) is 0 Å². The standard InChI is InChI=1S/C11H16N4O/c1-3-4-9(5-12)11(16)15-8(2)10-6-13-14-7-10/h6-9H,3-4H2,1-2H3,(H,13,14)(H,15,16). The fourth-order valence-electron chi connectivity index (χ4n) is 1.44. The number of carbonyl (C=O) groups excluding carboxylic acids is 1. The van der Waals surface area contributed by atoms with Crippen LogP contribution in [-0.4, -0.2) is 16.1 Å². The smallest absolute Gasteiger partial charge is 0.237 e. The molecule has 0 saturated carbocycles. The van der Waals surface area contributed by atoms with Crippen molar-refractivity contribution < 1.29 is 4.79 Å². The molecule has 0 aliphatic heterocycles. The van der Waals surface area contributed by atoms with Crippen LogP contribution in [0.1, 0.15) is 38.3 Å². The van der Waals surface area contributed by atoms with Crippen molar-refractivity contribution in [1.29, 1.82) is 5.26 Å². The van der Waals surface area contributed by atoms with E-state index in [1.54, 1.807) is 12.4 Å². The molecule has 1 heterocycles. The van der Waals surface area contributed by atoms with Crippen molar-refractivity contribution >= 4 is 5.91 Å². The van der Waals surface area contributed by atoms with Gasteiger partial charge in [0.1, 0.15) is 5.92 Å². The Morgan fingerprint density at radius 1 is 1.75 bits per heavy atom. The summed E-state index contributed by atoms with van der Waals surface area (Å²) in [5.74, 6) is -0.766. The van der Waals surface area contributed by atoms with E-state index in [-0.39, 0.29) is 11.9 Å². The van der Waals surface area contributed by atoms with Gasteiger partial charge in [0.05, 0.1) is 18.3 Å². The van der Waals surface area contributed by atoms with E-state index in [4.69, 9.17) is 5.26 Å². The van der Waals surface area contributed by atoms with Crippen molar-refractivity contribution in [2.75, 3.05) is 0 Å². The molecule has 5 heteroatoms. The number of aromatic amines is 1. The molecule has 16 heavy (non-hydrogen) atoms. The summed E-state index contributed by atoms with van der Waals surface area (Å²) < 4.78 is 0. The predicted molar refractivity (Wildman–Crippen MR) is 59.2 cm³/mol. The lowest BCUT2D eigenvalue weighted by molar-refractivity contribution is -0.124. The Balaban J connectivity index is 2.54. The highest BCUT2D eigenvalue weighted by Gasteiger charge is 2.19. The molecule has 2 N–H and O–H groups in total. The minimum absolute atomic E-state index is 0.126. The average Bonchev–Trinajstić information content (AvgIpc) is 2.78. The number of nitrogens with zero attached hydrogens (tertiary/aromatic N) is 2. The van der Waals surface area contributed by atoms with Crippen LogP contribution in [0.4, 0.5) is 0 Å². The van der Waals surface area contributed by atoms with Crippen molar-refractivity contribution in [3.8, 4) is 6.07 Å². The lowest BCUT2D eigenvalue weighted by Gasteiger charge is -2.14. The van der Waals surface area contributed by atoms with E-state index in [0.717, 1.165) is 12.0 Å². The van der Waals surface area contributed by atoms with Gasteiger partial charge in [0.25, 0.3) is 0 Å². The molecule has 1 amide bonds. The lowest BCUT2D eigenvalue weighted by Crippen LogP contribution is -2.32. The highest BCUT2D eigenvalue weighted by Crippen LogP contribution is 2.12. The van der Waals surface area contributed by atoms with Gasteiger partial charge in [-0.2, -0.15) is 10.4 Å². The summed E-state index contributed by atoms with van der Waals surface area (Å²) in [6.45, 7) is 3.82. The van der Waals surface area contributed by atoms with E-state index in [1.165, 1.54) is 0 Å². The maximum Gasteiger partial charge on any atom is 0.237 e. The predicted octanol–water partition coefficient (Wildman–Crippen LogP) is 1.53. The molecule has 0 saturated heterocycles. The number of hydrogen-bond donors (Lipinski definition) is 2. The number of H-pyrrole nitrogens is 1. The number of nitrogens with one attached hydrogen (secondary N) is 2. The third kappa shape index (κ3) is 3.09. The molecule has 1 aromatic heterocycles. The number of aromatic nitrogens is 2. The zero-order valence-corrected chi connectivity index (χ0v) is 9.53. The highest BCUT2D eigenvalue weighted by atomic mass is 16.1. The van der Waals surface area contributed by atoms with Crippen molar-refractivity contribution in [1.82, 2.24) is 15.5 Å². The van der Waals surface area contributed by atoms with Crippen LogP contribution < -0.4 is 5.32 Å². The van der Waals surface area contributed by atoms with Gasteiger partial charge in [-0.1, -0.05) is 13.3 Å². The molecule has 2 unspecified atom stereocenters. The Kier molecular flexibility index (Phi) is 4.52. The maximum absolute atomic E-state index is 11.7. The molecule has 0 fully saturated rings. The van der Waals surface area contributed by atoms with E-state index >= 15 is 0 Å². The van der Waals surface area contributed by atoms with Crippen molar-refractivity contribution in [3.63, 3.8) is 0 Å². The molecule has 0 aliphatic rings. The number of amides is 1. The van der Waals surface area contributed by atoms with E-state index in [1.807, 2.05) is 19.9 Å².